The highest BCUT2D eigenvalue weighted by atomic mass is 35.5. The summed E-state index contributed by atoms with van der Waals surface area (Å²) in [5.74, 6) is -0.414. The second kappa shape index (κ2) is 9.67. The van der Waals surface area contributed by atoms with Gasteiger partial charge in [-0.3, -0.25) is 0 Å². The number of aromatic nitrogens is 2. The summed E-state index contributed by atoms with van der Waals surface area (Å²) in [6.45, 7) is 1.88. The summed E-state index contributed by atoms with van der Waals surface area (Å²) >= 11 is 0. The predicted octanol–water partition coefficient (Wildman–Crippen LogP) is 4.57. The summed E-state index contributed by atoms with van der Waals surface area (Å²) in [4.78, 5) is 11.0. The van der Waals surface area contributed by atoms with Crippen LogP contribution in [0.4, 0.5) is 18.9 Å². The molecule has 0 radical (unpaired) electrons. The SMILES string of the molecule is C[C@H](Nc1cc(-c2n[nH]c(=O)o2)ccc1C(F)(F)F)C1CCC1.Cl.NC1CCC1. The molecule has 0 amide bonds. The van der Waals surface area contributed by atoms with Gasteiger partial charge in [0, 0.05) is 23.3 Å². The van der Waals surface area contributed by atoms with Gasteiger partial charge in [0.15, 0.2) is 0 Å². The molecular weight excluding hydrogens is 409 g/mol. The number of H-pyrrole nitrogens is 1. The van der Waals surface area contributed by atoms with Crippen molar-refractivity contribution in [3.05, 3.63) is 34.3 Å². The number of alkyl halides is 3. The van der Waals surface area contributed by atoms with Crippen LogP contribution in [0.25, 0.3) is 11.5 Å². The first-order valence-corrected chi connectivity index (χ1v) is 9.53. The number of benzene rings is 1. The van der Waals surface area contributed by atoms with Gasteiger partial charge in [0.1, 0.15) is 0 Å². The van der Waals surface area contributed by atoms with Gasteiger partial charge in [0.2, 0.25) is 5.89 Å². The first kappa shape index (κ1) is 23.3. The van der Waals surface area contributed by atoms with E-state index in [1.165, 1.54) is 31.4 Å². The van der Waals surface area contributed by atoms with Crippen LogP contribution >= 0.6 is 12.4 Å². The number of nitrogens with two attached hydrogens (primary N) is 1. The van der Waals surface area contributed by atoms with Crippen molar-refractivity contribution in [1.29, 1.82) is 0 Å². The largest absolute Gasteiger partial charge is 0.434 e. The van der Waals surface area contributed by atoms with Crippen molar-refractivity contribution in [2.75, 3.05) is 5.32 Å². The van der Waals surface area contributed by atoms with Gasteiger partial charge in [-0.25, -0.2) is 9.89 Å². The van der Waals surface area contributed by atoms with Crippen molar-refractivity contribution in [2.45, 2.75) is 63.7 Å². The van der Waals surface area contributed by atoms with Gasteiger partial charge in [0.05, 0.1) is 5.56 Å². The Bertz CT molecular complexity index is 844. The van der Waals surface area contributed by atoms with Gasteiger partial charge in [-0.2, -0.15) is 13.2 Å². The second-order valence-corrected chi connectivity index (χ2v) is 7.49. The molecule has 0 saturated heterocycles. The summed E-state index contributed by atoms with van der Waals surface area (Å²) in [6.07, 6.45) is 2.57. The van der Waals surface area contributed by atoms with Gasteiger partial charge in [-0.05, 0) is 56.7 Å². The zero-order valence-electron chi connectivity index (χ0n) is 16.1. The monoisotopic (exact) mass is 434 g/mol. The van der Waals surface area contributed by atoms with Crippen molar-refractivity contribution in [3.8, 4) is 11.5 Å². The molecule has 4 rings (SSSR count). The van der Waals surface area contributed by atoms with E-state index < -0.39 is 17.5 Å². The molecular formula is C19H26ClF3N4O2. The minimum Gasteiger partial charge on any atom is -0.388 e. The summed E-state index contributed by atoms with van der Waals surface area (Å²) in [6, 6.07) is 4.03. The van der Waals surface area contributed by atoms with E-state index in [0.29, 0.717) is 17.5 Å². The van der Waals surface area contributed by atoms with Crippen LogP contribution in [0.15, 0.2) is 27.4 Å². The highest BCUT2D eigenvalue weighted by Crippen LogP contribution is 2.39. The number of rotatable bonds is 4. The Morgan fingerprint density at radius 3 is 2.28 bits per heavy atom. The molecule has 10 heteroatoms. The zero-order valence-corrected chi connectivity index (χ0v) is 16.9. The van der Waals surface area contributed by atoms with E-state index in [1.807, 2.05) is 6.92 Å². The Morgan fingerprint density at radius 2 is 1.86 bits per heavy atom. The Hall–Kier alpha value is -2.00. The van der Waals surface area contributed by atoms with Crippen molar-refractivity contribution in [1.82, 2.24) is 10.2 Å². The molecule has 4 N–H and O–H groups in total. The lowest BCUT2D eigenvalue weighted by molar-refractivity contribution is -0.137. The number of hydrogen-bond acceptors (Lipinski definition) is 5. The Labute approximate surface area is 172 Å². The van der Waals surface area contributed by atoms with Crippen molar-refractivity contribution in [2.24, 2.45) is 11.7 Å². The number of halogens is 4. The normalized spacial score (nSPS) is 17.8. The molecule has 0 unspecified atom stereocenters. The molecule has 2 aliphatic carbocycles. The second-order valence-electron chi connectivity index (χ2n) is 7.49. The van der Waals surface area contributed by atoms with Crippen LogP contribution in [0.2, 0.25) is 0 Å². The van der Waals surface area contributed by atoms with Gasteiger partial charge in [-0.15, -0.1) is 17.5 Å². The molecule has 2 aliphatic rings. The molecule has 2 saturated carbocycles. The summed E-state index contributed by atoms with van der Waals surface area (Å²) in [5, 5.41) is 8.70. The van der Waals surface area contributed by atoms with E-state index in [-0.39, 0.29) is 30.0 Å². The molecule has 1 aromatic heterocycles. The number of hydrogen-bond donors (Lipinski definition) is 3. The summed E-state index contributed by atoms with van der Waals surface area (Å²) in [7, 11) is 0. The van der Waals surface area contributed by atoms with Crippen molar-refractivity contribution in [3.63, 3.8) is 0 Å². The predicted molar refractivity (Wildman–Crippen MR) is 107 cm³/mol. The van der Waals surface area contributed by atoms with E-state index in [4.69, 9.17) is 10.2 Å². The fourth-order valence-electron chi connectivity index (χ4n) is 3.14. The molecule has 1 atom stereocenters. The first-order valence-electron chi connectivity index (χ1n) is 9.53. The lowest BCUT2D eigenvalue weighted by Gasteiger charge is -2.33. The van der Waals surface area contributed by atoms with E-state index in [9.17, 15) is 18.0 Å². The minimum absolute atomic E-state index is 0. The molecule has 2 fully saturated rings. The molecule has 1 aromatic carbocycles. The fraction of sp³-hybridized carbons (Fsp3) is 0.579. The third kappa shape index (κ3) is 5.99. The average Bonchev–Trinajstić information content (AvgIpc) is 2.97. The van der Waals surface area contributed by atoms with Gasteiger partial charge in [-0.1, -0.05) is 12.8 Å². The van der Waals surface area contributed by atoms with Crippen LogP contribution in [0.1, 0.15) is 51.0 Å². The maximum Gasteiger partial charge on any atom is 0.434 e. The van der Waals surface area contributed by atoms with Crippen LogP contribution < -0.4 is 16.8 Å². The quantitative estimate of drug-likeness (QED) is 0.655. The van der Waals surface area contributed by atoms with Crippen molar-refractivity contribution >= 4 is 18.1 Å². The maximum absolute atomic E-state index is 13.2. The standard InChI is InChI=1S/C15H16F3N3O2.C4H9N.ClH/c1-8(9-3-2-4-9)19-12-7-10(13-20-21-14(22)23-13)5-6-11(12)15(16,17)18;5-4-2-1-3-4;/h5-9,19H,2-4H2,1H3,(H,21,22);4H,1-3,5H2;1H/t8-;;/m0../s1. The Morgan fingerprint density at radius 1 is 1.24 bits per heavy atom. The van der Waals surface area contributed by atoms with E-state index in [1.54, 1.807) is 0 Å². The van der Waals surface area contributed by atoms with E-state index in [2.05, 4.69) is 15.5 Å². The highest BCUT2D eigenvalue weighted by molar-refractivity contribution is 5.85. The molecule has 1 heterocycles. The lowest BCUT2D eigenvalue weighted by Crippen LogP contribution is -2.31. The third-order valence-corrected chi connectivity index (χ3v) is 5.40. The molecule has 6 nitrogen and oxygen atoms in total. The van der Waals surface area contributed by atoms with Gasteiger partial charge in [0.25, 0.3) is 0 Å². The van der Waals surface area contributed by atoms with Crippen LogP contribution in [-0.2, 0) is 6.18 Å². The zero-order chi connectivity index (χ0) is 20.3. The molecule has 0 spiro atoms. The van der Waals surface area contributed by atoms with E-state index >= 15 is 0 Å². The molecule has 0 aliphatic heterocycles. The van der Waals surface area contributed by atoms with Crippen LogP contribution in [0.3, 0.4) is 0 Å². The number of nitrogens with one attached hydrogen (secondary N) is 2. The highest BCUT2D eigenvalue weighted by Gasteiger charge is 2.35. The smallest absolute Gasteiger partial charge is 0.388 e. The van der Waals surface area contributed by atoms with E-state index in [0.717, 1.165) is 25.3 Å². The number of nitrogens with zero attached hydrogens (tertiary/aromatic N) is 1. The Kier molecular flexibility index (Phi) is 7.76. The maximum atomic E-state index is 13.2. The minimum atomic E-state index is -4.47. The van der Waals surface area contributed by atoms with Crippen molar-refractivity contribution < 1.29 is 17.6 Å². The fourth-order valence-corrected chi connectivity index (χ4v) is 3.14. The first-order chi connectivity index (χ1) is 13.2. The topological polar surface area (TPSA) is 96.9 Å². The molecule has 162 valence electrons. The molecule has 29 heavy (non-hydrogen) atoms. The molecule has 0 bridgehead atoms. The van der Waals surface area contributed by atoms with Crippen LogP contribution in [-0.4, -0.2) is 22.3 Å². The van der Waals surface area contributed by atoms with Gasteiger partial charge >= 0.3 is 11.9 Å². The Balaban J connectivity index is 0.000000437. The van der Waals surface area contributed by atoms with Gasteiger partial charge < -0.3 is 15.5 Å². The number of aromatic amines is 1. The third-order valence-electron chi connectivity index (χ3n) is 5.40. The number of anilines is 1. The van der Waals surface area contributed by atoms with Crippen LogP contribution in [0.5, 0.6) is 0 Å². The summed E-state index contributed by atoms with van der Waals surface area (Å²) in [5.41, 5.74) is 4.91. The average molecular weight is 435 g/mol. The molecule has 2 aromatic rings. The van der Waals surface area contributed by atoms with Crippen LogP contribution in [0, 0.1) is 5.92 Å². The lowest BCUT2D eigenvalue weighted by atomic mass is 9.80. The summed E-state index contributed by atoms with van der Waals surface area (Å²) < 4.78 is 44.4.